The Morgan fingerprint density at radius 3 is 2.61 bits per heavy atom. The Morgan fingerprint density at radius 2 is 1.89 bits per heavy atom. The highest BCUT2D eigenvalue weighted by Gasteiger charge is 2.24. The predicted molar refractivity (Wildman–Crippen MR) is 112 cm³/mol. The fourth-order valence-electron chi connectivity index (χ4n) is 3.84. The normalized spacial score (nSPS) is 19.7. The van der Waals surface area contributed by atoms with Crippen molar-refractivity contribution in [2.45, 2.75) is 26.3 Å². The lowest BCUT2D eigenvalue weighted by Crippen LogP contribution is -2.22. The Kier molecular flexibility index (Phi) is 5.72. The number of likely N-dealkylation sites (tertiary alicyclic amines) is 1. The van der Waals surface area contributed by atoms with Crippen LogP contribution in [0.2, 0.25) is 0 Å². The van der Waals surface area contributed by atoms with E-state index in [-0.39, 0.29) is 5.97 Å². The first-order chi connectivity index (χ1) is 13.7. The van der Waals surface area contributed by atoms with E-state index < -0.39 is 0 Å². The van der Waals surface area contributed by atoms with Crippen LogP contribution in [0.3, 0.4) is 0 Å². The molecular formula is C23H27N3O2. The van der Waals surface area contributed by atoms with Crippen molar-refractivity contribution in [3.05, 3.63) is 65.7 Å². The van der Waals surface area contributed by atoms with Crippen LogP contribution < -0.4 is 5.01 Å². The number of esters is 1. The molecule has 4 rings (SSSR count). The quantitative estimate of drug-likeness (QED) is 0.715. The average molecular weight is 377 g/mol. The Hall–Kier alpha value is -2.66. The predicted octanol–water partition coefficient (Wildman–Crippen LogP) is 3.95. The highest BCUT2D eigenvalue weighted by molar-refractivity contribution is 5.90. The van der Waals surface area contributed by atoms with Gasteiger partial charge in [0, 0.05) is 37.7 Å². The van der Waals surface area contributed by atoms with Crippen LogP contribution in [0.1, 0.15) is 35.7 Å². The van der Waals surface area contributed by atoms with E-state index in [0.29, 0.717) is 18.1 Å². The highest BCUT2D eigenvalue weighted by atomic mass is 16.5. The van der Waals surface area contributed by atoms with E-state index in [1.54, 1.807) is 0 Å². The minimum atomic E-state index is -0.242. The number of hydrazone groups is 1. The molecule has 2 aromatic carbocycles. The van der Waals surface area contributed by atoms with Crippen LogP contribution in [0.5, 0.6) is 0 Å². The van der Waals surface area contributed by atoms with E-state index in [0.717, 1.165) is 50.4 Å². The number of benzene rings is 2. The van der Waals surface area contributed by atoms with E-state index in [9.17, 15) is 4.79 Å². The lowest BCUT2D eigenvalue weighted by molar-refractivity contribution is 0.0443. The zero-order valence-electron chi connectivity index (χ0n) is 16.4. The van der Waals surface area contributed by atoms with Gasteiger partial charge in [0.15, 0.2) is 0 Å². The van der Waals surface area contributed by atoms with Crippen LogP contribution >= 0.6 is 0 Å². The molecular weight excluding hydrogens is 350 g/mol. The minimum Gasteiger partial charge on any atom is -0.462 e. The number of ether oxygens (including phenoxy) is 1. The number of carbonyl (C=O) groups excluding carboxylic acids is 1. The highest BCUT2D eigenvalue weighted by Crippen LogP contribution is 2.22. The van der Waals surface area contributed by atoms with Crippen LogP contribution in [-0.2, 0) is 11.3 Å². The van der Waals surface area contributed by atoms with Gasteiger partial charge in [0.05, 0.1) is 17.9 Å². The van der Waals surface area contributed by atoms with Gasteiger partial charge in [0.2, 0.25) is 0 Å². The summed E-state index contributed by atoms with van der Waals surface area (Å²) in [6.07, 6.45) is 2.07. The summed E-state index contributed by atoms with van der Waals surface area (Å²) in [4.78, 5) is 14.8. The van der Waals surface area contributed by atoms with Gasteiger partial charge < -0.3 is 4.74 Å². The molecule has 0 N–H and O–H groups in total. The molecule has 0 amide bonds. The van der Waals surface area contributed by atoms with Crippen molar-refractivity contribution in [2.75, 3.05) is 31.3 Å². The van der Waals surface area contributed by atoms with Crippen molar-refractivity contribution in [3.63, 3.8) is 0 Å². The maximum atomic E-state index is 12.4. The van der Waals surface area contributed by atoms with Crippen LogP contribution in [-0.4, -0.2) is 42.8 Å². The van der Waals surface area contributed by atoms with Crippen molar-refractivity contribution in [3.8, 4) is 0 Å². The standard InChI is InChI=1S/C23H27N3O2/c1-18-11-14-26(24-18)22-9-7-21(8-10-22)23(27)28-17-20-12-13-25(16-20)15-19-5-3-2-4-6-19/h2-10,20H,11-17H2,1H3. The van der Waals surface area contributed by atoms with E-state index >= 15 is 0 Å². The Labute approximate surface area is 166 Å². The van der Waals surface area contributed by atoms with Gasteiger partial charge in [-0.05, 0) is 49.7 Å². The first kappa shape index (κ1) is 18.7. The third-order valence-electron chi connectivity index (χ3n) is 5.45. The van der Waals surface area contributed by atoms with Gasteiger partial charge in [-0.2, -0.15) is 5.10 Å². The molecule has 0 radical (unpaired) electrons. The number of nitrogens with zero attached hydrogens (tertiary/aromatic N) is 3. The molecule has 0 spiro atoms. The van der Waals surface area contributed by atoms with Crippen LogP contribution in [0.15, 0.2) is 59.7 Å². The van der Waals surface area contributed by atoms with E-state index in [2.05, 4.69) is 34.3 Å². The molecule has 2 aliphatic heterocycles. The maximum Gasteiger partial charge on any atom is 0.338 e. The van der Waals surface area contributed by atoms with Crippen molar-refractivity contribution >= 4 is 17.4 Å². The average Bonchev–Trinajstić information content (AvgIpc) is 3.36. The molecule has 1 unspecified atom stereocenters. The minimum absolute atomic E-state index is 0.242. The summed E-state index contributed by atoms with van der Waals surface area (Å²) >= 11 is 0. The van der Waals surface area contributed by atoms with Crippen molar-refractivity contribution in [1.82, 2.24) is 4.90 Å². The number of hydrogen-bond donors (Lipinski definition) is 0. The van der Waals surface area contributed by atoms with Crippen LogP contribution in [0.4, 0.5) is 5.69 Å². The van der Waals surface area contributed by atoms with Crippen molar-refractivity contribution < 1.29 is 9.53 Å². The Morgan fingerprint density at radius 1 is 1.11 bits per heavy atom. The molecule has 2 aliphatic rings. The number of rotatable bonds is 6. The van der Waals surface area contributed by atoms with E-state index in [4.69, 9.17) is 4.74 Å². The van der Waals surface area contributed by atoms with Gasteiger partial charge in [0.1, 0.15) is 0 Å². The van der Waals surface area contributed by atoms with E-state index in [1.807, 2.05) is 42.3 Å². The topological polar surface area (TPSA) is 45.1 Å². The van der Waals surface area contributed by atoms with Gasteiger partial charge in [-0.1, -0.05) is 30.3 Å². The summed E-state index contributed by atoms with van der Waals surface area (Å²) in [5.41, 5.74) is 4.09. The smallest absolute Gasteiger partial charge is 0.338 e. The van der Waals surface area contributed by atoms with Crippen LogP contribution in [0.25, 0.3) is 0 Å². The second-order valence-corrected chi connectivity index (χ2v) is 7.73. The molecule has 5 nitrogen and oxygen atoms in total. The molecule has 1 saturated heterocycles. The first-order valence-electron chi connectivity index (χ1n) is 10.0. The summed E-state index contributed by atoms with van der Waals surface area (Å²) in [7, 11) is 0. The summed E-state index contributed by atoms with van der Waals surface area (Å²) in [5.74, 6) is 0.169. The molecule has 1 fully saturated rings. The third-order valence-corrected chi connectivity index (χ3v) is 5.45. The van der Waals surface area contributed by atoms with Crippen molar-refractivity contribution in [2.24, 2.45) is 11.0 Å². The maximum absolute atomic E-state index is 12.4. The largest absolute Gasteiger partial charge is 0.462 e. The Balaban J connectivity index is 1.24. The fraction of sp³-hybridized carbons (Fsp3) is 0.391. The SMILES string of the molecule is CC1=NN(c2ccc(C(=O)OCC3CCN(Cc4ccccc4)C3)cc2)CC1. The number of hydrogen-bond acceptors (Lipinski definition) is 5. The van der Waals surface area contributed by atoms with Gasteiger partial charge >= 0.3 is 5.97 Å². The fourth-order valence-corrected chi connectivity index (χ4v) is 3.84. The zero-order valence-corrected chi connectivity index (χ0v) is 16.4. The third kappa shape index (κ3) is 4.60. The van der Waals surface area contributed by atoms with Gasteiger partial charge in [-0.25, -0.2) is 4.79 Å². The molecule has 0 aliphatic carbocycles. The molecule has 0 saturated carbocycles. The summed E-state index contributed by atoms with van der Waals surface area (Å²) in [6, 6.07) is 18.1. The molecule has 0 bridgehead atoms. The second kappa shape index (κ2) is 8.57. The van der Waals surface area contributed by atoms with Gasteiger partial charge in [0.25, 0.3) is 0 Å². The molecule has 1 atom stereocenters. The molecule has 146 valence electrons. The van der Waals surface area contributed by atoms with Gasteiger partial charge in [-0.3, -0.25) is 9.91 Å². The van der Waals surface area contributed by atoms with E-state index in [1.165, 1.54) is 5.56 Å². The zero-order chi connectivity index (χ0) is 19.3. The number of carbonyl (C=O) groups is 1. The summed E-state index contributed by atoms with van der Waals surface area (Å²) in [6.45, 7) is 6.42. The van der Waals surface area contributed by atoms with Crippen LogP contribution in [0, 0.1) is 5.92 Å². The summed E-state index contributed by atoms with van der Waals surface area (Å²) < 4.78 is 5.59. The summed E-state index contributed by atoms with van der Waals surface area (Å²) in [5, 5.41) is 6.46. The Bertz CT molecular complexity index is 833. The molecule has 2 aromatic rings. The second-order valence-electron chi connectivity index (χ2n) is 7.73. The molecule has 0 aromatic heterocycles. The lowest BCUT2D eigenvalue weighted by Gasteiger charge is -2.16. The molecule has 28 heavy (non-hydrogen) atoms. The molecule has 5 heteroatoms. The molecule has 2 heterocycles. The number of anilines is 1. The van der Waals surface area contributed by atoms with Crippen molar-refractivity contribution in [1.29, 1.82) is 0 Å². The monoisotopic (exact) mass is 377 g/mol. The lowest BCUT2D eigenvalue weighted by atomic mass is 10.1. The first-order valence-corrected chi connectivity index (χ1v) is 10.0. The van der Waals surface area contributed by atoms with Gasteiger partial charge in [-0.15, -0.1) is 0 Å².